The Morgan fingerprint density at radius 3 is 2.59 bits per heavy atom. The highest BCUT2D eigenvalue weighted by atomic mass is 15.3. The summed E-state index contributed by atoms with van der Waals surface area (Å²) in [5, 5.41) is 7.44. The van der Waals surface area contributed by atoms with E-state index in [1.165, 1.54) is 6.33 Å². The van der Waals surface area contributed by atoms with Crippen molar-refractivity contribution in [1.29, 1.82) is 0 Å². The Balaban J connectivity index is 1.76. The number of benzene rings is 1. The summed E-state index contributed by atoms with van der Waals surface area (Å²) >= 11 is 0. The highest BCUT2D eigenvalue weighted by molar-refractivity contribution is 5.43. The summed E-state index contributed by atoms with van der Waals surface area (Å²) in [5.74, 6) is 0.995. The largest absolute Gasteiger partial charge is 0.368 e. The van der Waals surface area contributed by atoms with Crippen LogP contribution in [0.1, 0.15) is 24.2 Å². The quantitative estimate of drug-likeness (QED) is 0.765. The fourth-order valence-corrected chi connectivity index (χ4v) is 2.23. The SMILES string of the molecule is Cc1cc(N[C@H](C)c2ccc(-n3cncn3)cc2)nc(N)n1. The molecule has 0 radical (unpaired) electrons. The van der Waals surface area contributed by atoms with E-state index in [4.69, 9.17) is 5.73 Å². The smallest absolute Gasteiger partial charge is 0.222 e. The Morgan fingerprint density at radius 1 is 1.18 bits per heavy atom. The van der Waals surface area contributed by atoms with E-state index >= 15 is 0 Å². The van der Waals surface area contributed by atoms with Crippen molar-refractivity contribution in [2.24, 2.45) is 0 Å². The molecule has 0 aliphatic heterocycles. The van der Waals surface area contributed by atoms with Gasteiger partial charge in [-0.2, -0.15) is 10.1 Å². The van der Waals surface area contributed by atoms with Crippen LogP contribution in [0.2, 0.25) is 0 Å². The highest BCUT2D eigenvalue weighted by Gasteiger charge is 2.08. The molecule has 0 saturated carbocycles. The standard InChI is InChI=1S/C15H17N7/c1-10-7-14(21-15(16)19-10)20-11(2)12-3-5-13(6-4-12)22-9-17-8-18-22/h3-9,11H,1-2H3,(H3,16,19,20,21)/t11-/m1/s1. The first kappa shape index (κ1) is 14.0. The number of anilines is 2. The molecule has 2 aromatic heterocycles. The van der Waals surface area contributed by atoms with Gasteiger partial charge < -0.3 is 11.1 Å². The molecule has 0 bridgehead atoms. The molecule has 0 unspecified atom stereocenters. The predicted octanol–water partition coefficient (Wildman–Crippen LogP) is 2.12. The number of nitrogen functional groups attached to an aromatic ring is 1. The van der Waals surface area contributed by atoms with Gasteiger partial charge in [-0.05, 0) is 31.5 Å². The molecule has 0 aliphatic carbocycles. The van der Waals surface area contributed by atoms with E-state index in [2.05, 4.69) is 32.3 Å². The first-order valence-corrected chi connectivity index (χ1v) is 6.94. The van der Waals surface area contributed by atoms with Crippen LogP contribution in [0.4, 0.5) is 11.8 Å². The fourth-order valence-electron chi connectivity index (χ4n) is 2.23. The number of aryl methyl sites for hydroxylation is 1. The summed E-state index contributed by atoms with van der Waals surface area (Å²) in [7, 11) is 0. The van der Waals surface area contributed by atoms with Gasteiger partial charge in [0.1, 0.15) is 18.5 Å². The number of nitrogens with two attached hydrogens (primary N) is 1. The minimum atomic E-state index is 0.0958. The first-order valence-electron chi connectivity index (χ1n) is 6.94. The second kappa shape index (κ2) is 5.80. The molecule has 0 aliphatic rings. The van der Waals surface area contributed by atoms with Gasteiger partial charge in [-0.25, -0.2) is 14.6 Å². The van der Waals surface area contributed by atoms with E-state index in [0.29, 0.717) is 0 Å². The van der Waals surface area contributed by atoms with Crippen molar-refractivity contribution in [3.05, 3.63) is 54.2 Å². The van der Waals surface area contributed by atoms with Gasteiger partial charge in [-0.15, -0.1) is 0 Å². The van der Waals surface area contributed by atoms with Gasteiger partial charge in [0.25, 0.3) is 0 Å². The van der Waals surface area contributed by atoms with Crippen LogP contribution in [0, 0.1) is 6.92 Å². The Bertz CT molecular complexity index is 730. The third-order valence-electron chi connectivity index (χ3n) is 3.31. The van der Waals surface area contributed by atoms with E-state index in [0.717, 1.165) is 22.8 Å². The van der Waals surface area contributed by atoms with Crippen molar-refractivity contribution >= 4 is 11.8 Å². The number of hydrogen-bond donors (Lipinski definition) is 2. The van der Waals surface area contributed by atoms with Gasteiger partial charge in [0.05, 0.1) is 5.69 Å². The molecule has 0 saturated heterocycles. The van der Waals surface area contributed by atoms with Crippen LogP contribution < -0.4 is 11.1 Å². The molecular weight excluding hydrogens is 278 g/mol. The molecule has 1 aromatic carbocycles. The highest BCUT2D eigenvalue weighted by Crippen LogP contribution is 2.20. The Hall–Kier alpha value is -2.96. The van der Waals surface area contributed by atoms with Gasteiger partial charge in [-0.1, -0.05) is 12.1 Å². The van der Waals surface area contributed by atoms with Crippen molar-refractivity contribution in [1.82, 2.24) is 24.7 Å². The maximum Gasteiger partial charge on any atom is 0.222 e. The van der Waals surface area contributed by atoms with Crippen molar-refractivity contribution < 1.29 is 0 Å². The van der Waals surface area contributed by atoms with E-state index in [9.17, 15) is 0 Å². The number of hydrogen-bond acceptors (Lipinski definition) is 6. The fraction of sp³-hybridized carbons (Fsp3) is 0.200. The molecule has 3 N–H and O–H groups in total. The Kier molecular flexibility index (Phi) is 3.69. The molecular formula is C15H17N7. The maximum absolute atomic E-state index is 5.67. The van der Waals surface area contributed by atoms with E-state index in [1.54, 1.807) is 11.0 Å². The molecule has 22 heavy (non-hydrogen) atoms. The summed E-state index contributed by atoms with van der Waals surface area (Å²) in [6, 6.07) is 10.1. The van der Waals surface area contributed by atoms with Gasteiger partial charge >= 0.3 is 0 Å². The number of nitrogens with one attached hydrogen (secondary N) is 1. The number of rotatable bonds is 4. The zero-order valence-corrected chi connectivity index (χ0v) is 12.4. The molecule has 1 atom stereocenters. The first-order chi connectivity index (χ1) is 10.6. The zero-order chi connectivity index (χ0) is 15.5. The second-order valence-corrected chi connectivity index (χ2v) is 5.05. The van der Waals surface area contributed by atoms with Crippen LogP contribution in [0.15, 0.2) is 43.0 Å². The van der Waals surface area contributed by atoms with Crippen LogP contribution in [-0.4, -0.2) is 24.7 Å². The minimum absolute atomic E-state index is 0.0958. The van der Waals surface area contributed by atoms with Gasteiger partial charge in [0.2, 0.25) is 5.95 Å². The van der Waals surface area contributed by atoms with Crippen molar-refractivity contribution in [3.8, 4) is 5.69 Å². The number of aromatic nitrogens is 5. The molecule has 0 fully saturated rings. The summed E-state index contributed by atoms with van der Waals surface area (Å²) < 4.78 is 1.72. The monoisotopic (exact) mass is 295 g/mol. The van der Waals surface area contributed by atoms with E-state index < -0.39 is 0 Å². The summed E-state index contributed by atoms with van der Waals surface area (Å²) in [4.78, 5) is 12.2. The van der Waals surface area contributed by atoms with Crippen molar-refractivity contribution in [2.75, 3.05) is 11.1 Å². The van der Waals surface area contributed by atoms with Crippen molar-refractivity contribution in [2.45, 2.75) is 19.9 Å². The van der Waals surface area contributed by atoms with E-state index in [1.807, 2.05) is 37.3 Å². The molecule has 0 amide bonds. The van der Waals surface area contributed by atoms with Crippen molar-refractivity contribution in [3.63, 3.8) is 0 Å². The summed E-state index contributed by atoms with van der Waals surface area (Å²) in [6.07, 6.45) is 3.18. The molecule has 7 nitrogen and oxygen atoms in total. The third kappa shape index (κ3) is 3.03. The average molecular weight is 295 g/mol. The summed E-state index contributed by atoms with van der Waals surface area (Å²) in [6.45, 7) is 3.96. The molecule has 0 spiro atoms. The lowest BCUT2D eigenvalue weighted by molar-refractivity contribution is 0.857. The van der Waals surface area contributed by atoms with Gasteiger partial charge in [-0.3, -0.25) is 0 Å². The normalized spacial score (nSPS) is 12.1. The van der Waals surface area contributed by atoms with Gasteiger partial charge in [0, 0.05) is 17.8 Å². The second-order valence-electron chi connectivity index (χ2n) is 5.05. The van der Waals surface area contributed by atoms with E-state index in [-0.39, 0.29) is 12.0 Å². The topological polar surface area (TPSA) is 94.5 Å². The van der Waals surface area contributed by atoms with Crippen LogP contribution in [-0.2, 0) is 0 Å². The Morgan fingerprint density at radius 2 is 1.95 bits per heavy atom. The molecule has 3 aromatic rings. The maximum atomic E-state index is 5.67. The molecule has 7 heteroatoms. The Labute approximate surface area is 128 Å². The van der Waals surface area contributed by atoms with Crippen LogP contribution >= 0.6 is 0 Å². The third-order valence-corrected chi connectivity index (χ3v) is 3.31. The van der Waals surface area contributed by atoms with Crippen LogP contribution in [0.3, 0.4) is 0 Å². The van der Waals surface area contributed by atoms with Crippen LogP contribution in [0.25, 0.3) is 5.69 Å². The lowest BCUT2D eigenvalue weighted by Gasteiger charge is -2.16. The zero-order valence-electron chi connectivity index (χ0n) is 12.4. The lowest BCUT2D eigenvalue weighted by atomic mass is 10.1. The summed E-state index contributed by atoms with van der Waals surface area (Å²) in [5.41, 5.74) is 8.61. The van der Waals surface area contributed by atoms with Gasteiger partial charge in [0.15, 0.2) is 0 Å². The molecule has 3 rings (SSSR count). The number of nitrogens with zero attached hydrogens (tertiary/aromatic N) is 5. The lowest BCUT2D eigenvalue weighted by Crippen LogP contribution is -2.10. The minimum Gasteiger partial charge on any atom is -0.368 e. The van der Waals surface area contributed by atoms with Crippen LogP contribution in [0.5, 0.6) is 0 Å². The predicted molar refractivity (Wildman–Crippen MR) is 84.6 cm³/mol. The average Bonchev–Trinajstić information content (AvgIpc) is 3.00. The molecule has 112 valence electrons. The molecule has 2 heterocycles.